The summed E-state index contributed by atoms with van der Waals surface area (Å²) >= 11 is 0. The summed E-state index contributed by atoms with van der Waals surface area (Å²) in [5, 5.41) is 7.25. The highest BCUT2D eigenvalue weighted by Crippen LogP contribution is 2.35. The lowest BCUT2D eigenvalue weighted by Gasteiger charge is -2.08. The van der Waals surface area contributed by atoms with Crippen LogP contribution in [-0.4, -0.2) is 38.2 Å². The summed E-state index contributed by atoms with van der Waals surface area (Å²) in [4.78, 5) is 32.7. The van der Waals surface area contributed by atoms with E-state index in [2.05, 4.69) is 27.3 Å². The maximum Gasteiger partial charge on any atom is 0.340 e. The molecule has 4 rings (SSSR count). The lowest BCUT2D eigenvalue weighted by molar-refractivity contribution is -0.110. The lowest BCUT2D eigenvalue weighted by atomic mass is 10.0. The predicted molar refractivity (Wildman–Crippen MR) is 118 cm³/mol. The number of nitrogens with one attached hydrogen (secondary N) is 2. The maximum atomic E-state index is 12.7. The number of fused-ring (bicyclic) bond motifs is 1. The van der Waals surface area contributed by atoms with Crippen molar-refractivity contribution in [1.82, 2.24) is 19.7 Å². The van der Waals surface area contributed by atoms with Crippen LogP contribution in [0.15, 0.2) is 30.6 Å². The molecule has 3 aromatic heterocycles. The van der Waals surface area contributed by atoms with Crippen LogP contribution in [0, 0.1) is 6.92 Å². The molecule has 1 aliphatic rings. The van der Waals surface area contributed by atoms with Gasteiger partial charge in [0, 0.05) is 24.0 Å². The predicted octanol–water partition coefficient (Wildman–Crippen LogP) is 4.05. The minimum absolute atomic E-state index is 0.240. The van der Waals surface area contributed by atoms with Gasteiger partial charge in [0.15, 0.2) is 0 Å². The fraction of sp³-hybridized carbons (Fsp3) is 0.304. The van der Waals surface area contributed by atoms with Crippen molar-refractivity contribution in [3.8, 4) is 11.4 Å². The SMILES string of the molecule is CCCCn1nccc1-c1cc2c(cn1)NC(=O)/C2=C\c1[nH]c(C)cc1C(=O)OCC. The van der Waals surface area contributed by atoms with Crippen molar-refractivity contribution in [1.29, 1.82) is 0 Å². The molecular weight excluding hydrogens is 394 g/mol. The molecule has 0 unspecified atom stereocenters. The highest BCUT2D eigenvalue weighted by atomic mass is 16.5. The monoisotopic (exact) mass is 419 g/mol. The fourth-order valence-corrected chi connectivity index (χ4v) is 3.66. The molecule has 1 amide bonds. The summed E-state index contributed by atoms with van der Waals surface area (Å²) in [5.74, 6) is -0.664. The van der Waals surface area contributed by atoms with Gasteiger partial charge in [-0.3, -0.25) is 14.5 Å². The number of hydrogen-bond donors (Lipinski definition) is 2. The molecular formula is C23H25N5O3. The van der Waals surface area contributed by atoms with Crippen molar-refractivity contribution in [2.24, 2.45) is 0 Å². The van der Waals surface area contributed by atoms with Crippen LogP contribution in [0.5, 0.6) is 0 Å². The van der Waals surface area contributed by atoms with E-state index in [1.54, 1.807) is 31.5 Å². The summed E-state index contributed by atoms with van der Waals surface area (Å²) in [6.45, 7) is 6.84. The van der Waals surface area contributed by atoms with Gasteiger partial charge in [-0.25, -0.2) is 4.79 Å². The van der Waals surface area contributed by atoms with E-state index in [4.69, 9.17) is 4.74 Å². The average molecular weight is 419 g/mol. The van der Waals surface area contributed by atoms with Crippen LogP contribution >= 0.6 is 0 Å². The van der Waals surface area contributed by atoms with Gasteiger partial charge in [0.2, 0.25) is 0 Å². The Morgan fingerprint density at radius 2 is 2.13 bits per heavy atom. The number of amides is 1. The Kier molecular flexibility index (Phi) is 5.70. The molecule has 0 atom stereocenters. The molecule has 8 heteroatoms. The Bertz CT molecular complexity index is 1170. The summed E-state index contributed by atoms with van der Waals surface area (Å²) in [6, 6.07) is 5.53. The van der Waals surface area contributed by atoms with Crippen molar-refractivity contribution >= 4 is 29.2 Å². The standard InChI is InChI=1S/C23H25N5O3/c1-4-6-9-28-21(7-8-25-28)19-11-15-16(22(29)27-20(15)13-24-19)12-18-17(10-14(3)26-18)23(30)31-5-2/h7-8,10-13,26H,4-6,9H2,1-3H3,(H,27,29)/b16-12-. The van der Waals surface area contributed by atoms with E-state index in [9.17, 15) is 9.59 Å². The molecule has 0 spiro atoms. The quantitative estimate of drug-likeness (QED) is 0.444. The molecule has 1 aliphatic heterocycles. The number of nitrogens with zero attached hydrogens (tertiary/aromatic N) is 3. The van der Waals surface area contributed by atoms with Gasteiger partial charge in [0.25, 0.3) is 5.91 Å². The summed E-state index contributed by atoms with van der Waals surface area (Å²) in [6.07, 6.45) is 7.20. The number of aromatic amines is 1. The van der Waals surface area contributed by atoms with Crippen molar-refractivity contribution < 1.29 is 14.3 Å². The van der Waals surface area contributed by atoms with E-state index < -0.39 is 5.97 Å². The molecule has 2 N–H and O–H groups in total. The van der Waals surface area contributed by atoms with Crippen LogP contribution in [0.2, 0.25) is 0 Å². The summed E-state index contributed by atoms with van der Waals surface area (Å²) in [5.41, 5.74) is 5.23. The fourth-order valence-electron chi connectivity index (χ4n) is 3.66. The van der Waals surface area contributed by atoms with E-state index >= 15 is 0 Å². The number of aryl methyl sites for hydroxylation is 2. The number of hydrogen-bond acceptors (Lipinski definition) is 5. The third-order valence-electron chi connectivity index (χ3n) is 5.16. The third kappa shape index (κ3) is 4.01. The Balaban J connectivity index is 1.75. The number of ether oxygens (including phenoxy) is 1. The zero-order valence-electron chi connectivity index (χ0n) is 17.9. The normalized spacial score (nSPS) is 14.0. The number of pyridine rings is 1. The van der Waals surface area contributed by atoms with Gasteiger partial charge >= 0.3 is 5.97 Å². The number of rotatable bonds is 7. The first-order chi connectivity index (χ1) is 15.0. The van der Waals surface area contributed by atoms with Crippen LogP contribution in [0.1, 0.15) is 54.0 Å². The topological polar surface area (TPSA) is 102 Å². The van der Waals surface area contributed by atoms with Crippen molar-refractivity contribution in [2.75, 3.05) is 11.9 Å². The molecule has 0 aromatic carbocycles. The van der Waals surface area contributed by atoms with Gasteiger partial charge in [-0.2, -0.15) is 5.10 Å². The molecule has 31 heavy (non-hydrogen) atoms. The Morgan fingerprint density at radius 3 is 2.90 bits per heavy atom. The Morgan fingerprint density at radius 1 is 1.29 bits per heavy atom. The molecule has 8 nitrogen and oxygen atoms in total. The van der Waals surface area contributed by atoms with Crippen LogP contribution in [0.3, 0.4) is 0 Å². The van der Waals surface area contributed by atoms with E-state index in [-0.39, 0.29) is 12.5 Å². The highest BCUT2D eigenvalue weighted by Gasteiger charge is 2.27. The van der Waals surface area contributed by atoms with Gasteiger partial charge in [0.05, 0.1) is 46.7 Å². The first-order valence-corrected chi connectivity index (χ1v) is 10.4. The van der Waals surface area contributed by atoms with Gasteiger partial charge in [-0.1, -0.05) is 13.3 Å². The zero-order valence-corrected chi connectivity index (χ0v) is 17.9. The average Bonchev–Trinajstić information content (AvgIpc) is 3.44. The van der Waals surface area contributed by atoms with Gasteiger partial charge in [-0.15, -0.1) is 0 Å². The van der Waals surface area contributed by atoms with E-state index in [0.717, 1.165) is 42.0 Å². The number of H-pyrrole nitrogens is 1. The van der Waals surface area contributed by atoms with Gasteiger partial charge in [0.1, 0.15) is 0 Å². The molecule has 160 valence electrons. The van der Waals surface area contributed by atoms with E-state index in [0.29, 0.717) is 22.5 Å². The van der Waals surface area contributed by atoms with E-state index in [1.165, 1.54) is 0 Å². The minimum atomic E-state index is -0.424. The van der Waals surface area contributed by atoms with Crippen molar-refractivity contribution in [2.45, 2.75) is 40.2 Å². The maximum absolute atomic E-state index is 12.7. The second-order valence-corrected chi connectivity index (χ2v) is 7.42. The smallest absolute Gasteiger partial charge is 0.340 e. The number of anilines is 1. The first-order valence-electron chi connectivity index (χ1n) is 10.4. The molecule has 0 aliphatic carbocycles. The van der Waals surface area contributed by atoms with Crippen LogP contribution < -0.4 is 5.32 Å². The van der Waals surface area contributed by atoms with Crippen LogP contribution in [0.4, 0.5) is 5.69 Å². The Labute approximate surface area is 180 Å². The third-order valence-corrected chi connectivity index (χ3v) is 5.16. The van der Waals surface area contributed by atoms with Crippen molar-refractivity contribution in [3.05, 3.63) is 53.1 Å². The number of esters is 1. The minimum Gasteiger partial charge on any atom is -0.462 e. The van der Waals surface area contributed by atoms with Gasteiger partial charge < -0.3 is 15.0 Å². The summed E-state index contributed by atoms with van der Waals surface area (Å²) in [7, 11) is 0. The number of unbranched alkanes of at least 4 members (excludes halogenated alkanes) is 1. The molecule has 0 radical (unpaired) electrons. The van der Waals surface area contributed by atoms with Crippen LogP contribution in [-0.2, 0) is 16.1 Å². The van der Waals surface area contributed by atoms with Crippen LogP contribution in [0.25, 0.3) is 23.0 Å². The number of carbonyl (C=O) groups excluding carboxylic acids is 2. The van der Waals surface area contributed by atoms with Crippen molar-refractivity contribution in [3.63, 3.8) is 0 Å². The largest absolute Gasteiger partial charge is 0.462 e. The highest BCUT2D eigenvalue weighted by molar-refractivity contribution is 6.35. The Hall–Kier alpha value is -3.68. The second-order valence-electron chi connectivity index (χ2n) is 7.42. The number of aromatic nitrogens is 4. The van der Waals surface area contributed by atoms with E-state index in [1.807, 2.05) is 23.7 Å². The molecule has 4 heterocycles. The second kappa shape index (κ2) is 8.59. The molecule has 0 saturated carbocycles. The summed E-state index contributed by atoms with van der Waals surface area (Å²) < 4.78 is 7.08. The molecule has 0 fully saturated rings. The zero-order chi connectivity index (χ0) is 22.0. The first kappa shape index (κ1) is 20.6. The molecule has 0 bridgehead atoms. The number of carbonyl (C=O) groups is 2. The molecule has 3 aromatic rings. The molecule has 0 saturated heterocycles. The lowest BCUT2D eigenvalue weighted by Crippen LogP contribution is -2.06. The van der Waals surface area contributed by atoms with Gasteiger partial charge in [-0.05, 0) is 44.5 Å².